The summed E-state index contributed by atoms with van der Waals surface area (Å²) >= 11 is 0. The molecule has 2 rings (SSSR count). The van der Waals surface area contributed by atoms with Crippen molar-refractivity contribution in [3.05, 3.63) is 30.3 Å². The number of hydrogen-bond acceptors (Lipinski definition) is 3. The molecule has 0 aliphatic carbocycles. The largest absolute Gasteiger partial charge is 0.298 e. The number of fused-ring (bicyclic) bond motifs is 1. The van der Waals surface area contributed by atoms with Crippen LogP contribution in [0.5, 0.6) is 5.75 Å². The first-order valence-electron chi connectivity index (χ1n) is 2.91. The first-order chi connectivity index (χ1) is 4.97. The van der Waals surface area contributed by atoms with E-state index in [1.54, 1.807) is 24.5 Å². The maximum Gasteiger partial charge on any atom is 0.188 e. The van der Waals surface area contributed by atoms with Crippen molar-refractivity contribution in [2.45, 2.75) is 0 Å². The van der Waals surface area contributed by atoms with Crippen LogP contribution in [0.15, 0.2) is 24.7 Å². The molecule has 0 saturated heterocycles. The minimum atomic E-state index is 0.706. The van der Waals surface area contributed by atoms with E-state index in [4.69, 9.17) is 4.89 Å². The fraction of sp³-hybridized carbons (Fsp3) is 0. The molecule has 0 N–H and O–H groups in total. The van der Waals surface area contributed by atoms with Crippen LogP contribution < -0.4 is 4.89 Å². The Kier molecular flexibility index (Phi) is 1.07. The first-order valence-corrected chi connectivity index (χ1v) is 2.91. The Morgan fingerprint density at radius 3 is 3.30 bits per heavy atom. The summed E-state index contributed by atoms with van der Waals surface area (Å²) in [6.07, 6.45) is 6.64. The molecule has 0 spiro atoms. The zero-order valence-corrected chi connectivity index (χ0v) is 5.15. The van der Waals surface area contributed by atoms with Crippen LogP contribution in [0, 0.1) is 0 Å². The van der Waals surface area contributed by atoms with Gasteiger partial charge in [0.2, 0.25) is 0 Å². The van der Waals surface area contributed by atoms with E-state index in [0.717, 1.165) is 5.56 Å². The summed E-state index contributed by atoms with van der Waals surface area (Å²) in [5.74, 6) is 0.706. The summed E-state index contributed by atoms with van der Waals surface area (Å²) in [4.78, 5) is 13.3. The van der Waals surface area contributed by atoms with Gasteiger partial charge in [0, 0.05) is 24.0 Å². The SMILES string of the molecule is C1=Cc2cnccc2OO1. The van der Waals surface area contributed by atoms with Crippen LogP contribution >= 0.6 is 0 Å². The topological polar surface area (TPSA) is 31.4 Å². The second kappa shape index (κ2) is 2.02. The molecule has 1 aromatic heterocycles. The molecule has 2 heterocycles. The minimum absolute atomic E-state index is 0.706. The molecule has 10 heavy (non-hydrogen) atoms. The first kappa shape index (κ1) is 5.29. The lowest BCUT2D eigenvalue weighted by Crippen LogP contribution is -1.96. The molecule has 1 aliphatic heterocycles. The zero-order chi connectivity index (χ0) is 6.81. The van der Waals surface area contributed by atoms with Crippen LogP contribution in [0.4, 0.5) is 0 Å². The van der Waals surface area contributed by atoms with E-state index in [1.165, 1.54) is 6.26 Å². The van der Waals surface area contributed by atoms with E-state index in [2.05, 4.69) is 9.87 Å². The summed E-state index contributed by atoms with van der Waals surface area (Å²) in [5.41, 5.74) is 0.939. The maximum atomic E-state index is 4.80. The fourth-order valence-electron chi connectivity index (χ4n) is 0.776. The molecule has 50 valence electrons. The van der Waals surface area contributed by atoms with Crippen LogP contribution in [0.3, 0.4) is 0 Å². The molecule has 3 nitrogen and oxygen atoms in total. The summed E-state index contributed by atoms with van der Waals surface area (Å²) < 4.78 is 0. The fourth-order valence-corrected chi connectivity index (χ4v) is 0.776. The van der Waals surface area contributed by atoms with Crippen LogP contribution in [0.25, 0.3) is 6.08 Å². The minimum Gasteiger partial charge on any atom is -0.298 e. The normalized spacial score (nSPS) is 13.2. The lowest BCUT2D eigenvalue weighted by Gasteiger charge is -2.08. The number of hydrogen-bond donors (Lipinski definition) is 0. The van der Waals surface area contributed by atoms with Gasteiger partial charge in [-0.3, -0.25) is 14.8 Å². The van der Waals surface area contributed by atoms with Crippen LogP contribution in [-0.4, -0.2) is 4.98 Å². The van der Waals surface area contributed by atoms with Crippen molar-refractivity contribution in [3.63, 3.8) is 0 Å². The Morgan fingerprint density at radius 2 is 2.40 bits per heavy atom. The highest BCUT2D eigenvalue weighted by Crippen LogP contribution is 2.21. The summed E-state index contributed by atoms with van der Waals surface area (Å²) in [6, 6.07) is 1.75. The van der Waals surface area contributed by atoms with Crippen molar-refractivity contribution in [3.8, 4) is 5.75 Å². The molecule has 0 atom stereocenters. The van der Waals surface area contributed by atoms with Gasteiger partial charge in [-0.05, 0) is 6.08 Å². The van der Waals surface area contributed by atoms with E-state index in [-0.39, 0.29) is 0 Å². The van der Waals surface area contributed by atoms with Crippen molar-refractivity contribution in [2.75, 3.05) is 0 Å². The van der Waals surface area contributed by atoms with Crippen LogP contribution in [-0.2, 0) is 4.89 Å². The Bertz CT molecular complexity index is 270. The monoisotopic (exact) mass is 135 g/mol. The van der Waals surface area contributed by atoms with Gasteiger partial charge >= 0.3 is 0 Å². The average molecular weight is 135 g/mol. The lowest BCUT2D eigenvalue weighted by atomic mass is 10.2. The standard InChI is InChI=1S/C7H5NO2/c1-3-8-5-6-2-4-9-10-7(1)6/h1-5H. The van der Waals surface area contributed by atoms with Crippen molar-refractivity contribution >= 4 is 6.08 Å². The highest BCUT2D eigenvalue weighted by molar-refractivity contribution is 5.55. The van der Waals surface area contributed by atoms with Gasteiger partial charge in [0.25, 0.3) is 0 Å². The van der Waals surface area contributed by atoms with E-state index in [1.807, 2.05) is 0 Å². The van der Waals surface area contributed by atoms with Gasteiger partial charge in [-0.2, -0.15) is 0 Å². The van der Waals surface area contributed by atoms with Gasteiger partial charge in [-0.1, -0.05) is 0 Å². The second-order valence-electron chi connectivity index (χ2n) is 1.90. The number of aromatic nitrogens is 1. The summed E-state index contributed by atoms with van der Waals surface area (Å²) in [6.45, 7) is 0. The van der Waals surface area contributed by atoms with Crippen molar-refractivity contribution in [1.29, 1.82) is 0 Å². The molecule has 0 bridgehead atoms. The van der Waals surface area contributed by atoms with E-state index >= 15 is 0 Å². The maximum absolute atomic E-state index is 4.80. The van der Waals surface area contributed by atoms with E-state index < -0.39 is 0 Å². The third-order valence-corrected chi connectivity index (χ3v) is 1.25. The molecular formula is C7H5NO2. The Labute approximate surface area is 57.8 Å². The van der Waals surface area contributed by atoms with Gasteiger partial charge in [0.1, 0.15) is 6.26 Å². The predicted molar refractivity (Wildman–Crippen MR) is 35.0 cm³/mol. The predicted octanol–water partition coefficient (Wildman–Crippen LogP) is 1.38. The van der Waals surface area contributed by atoms with Crippen molar-refractivity contribution < 1.29 is 9.78 Å². The van der Waals surface area contributed by atoms with Crippen molar-refractivity contribution in [1.82, 2.24) is 4.98 Å². The smallest absolute Gasteiger partial charge is 0.188 e. The molecule has 0 saturated carbocycles. The third kappa shape index (κ3) is 0.719. The van der Waals surface area contributed by atoms with E-state index in [9.17, 15) is 0 Å². The molecule has 0 radical (unpaired) electrons. The number of nitrogens with zero attached hydrogens (tertiary/aromatic N) is 1. The second-order valence-corrected chi connectivity index (χ2v) is 1.90. The molecule has 0 fully saturated rings. The molecule has 1 aliphatic rings. The highest BCUT2D eigenvalue weighted by atomic mass is 17.2. The number of pyridine rings is 1. The number of rotatable bonds is 0. The highest BCUT2D eigenvalue weighted by Gasteiger charge is 2.04. The molecular weight excluding hydrogens is 130 g/mol. The van der Waals surface area contributed by atoms with Crippen LogP contribution in [0.2, 0.25) is 0 Å². The Hall–Kier alpha value is -1.51. The molecule has 1 aromatic rings. The van der Waals surface area contributed by atoms with Gasteiger partial charge in [-0.15, -0.1) is 0 Å². The average Bonchev–Trinajstić information content (AvgIpc) is 2.05. The molecule has 0 unspecified atom stereocenters. The summed E-state index contributed by atoms with van der Waals surface area (Å²) in [5, 5.41) is 0. The zero-order valence-electron chi connectivity index (χ0n) is 5.15. The van der Waals surface area contributed by atoms with Gasteiger partial charge in [0.15, 0.2) is 5.75 Å². The third-order valence-electron chi connectivity index (χ3n) is 1.25. The van der Waals surface area contributed by atoms with Crippen molar-refractivity contribution in [2.24, 2.45) is 0 Å². The Morgan fingerprint density at radius 1 is 1.40 bits per heavy atom. The summed E-state index contributed by atoms with van der Waals surface area (Å²) in [7, 11) is 0. The van der Waals surface area contributed by atoms with Gasteiger partial charge < -0.3 is 0 Å². The quantitative estimate of drug-likeness (QED) is 0.503. The lowest BCUT2D eigenvalue weighted by molar-refractivity contribution is -0.151. The van der Waals surface area contributed by atoms with Crippen LogP contribution in [0.1, 0.15) is 5.56 Å². The van der Waals surface area contributed by atoms with Gasteiger partial charge in [-0.25, -0.2) is 0 Å². The Balaban J connectivity index is 2.54. The van der Waals surface area contributed by atoms with Gasteiger partial charge in [0.05, 0.1) is 0 Å². The molecule has 3 heteroatoms. The molecule has 0 aromatic carbocycles. The molecule has 0 amide bonds. The van der Waals surface area contributed by atoms with E-state index in [0.29, 0.717) is 5.75 Å².